The van der Waals surface area contributed by atoms with Gasteiger partial charge < -0.3 is 10.6 Å². The van der Waals surface area contributed by atoms with Gasteiger partial charge in [0, 0.05) is 47.9 Å². The van der Waals surface area contributed by atoms with Crippen LogP contribution in [0.1, 0.15) is 16.1 Å². The van der Waals surface area contributed by atoms with Crippen LogP contribution in [0.2, 0.25) is 0 Å². The number of rotatable bonds is 5. The Morgan fingerprint density at radius 3 is 2.73 bits per heavy atom. The van der Waals surface area contributed by atoms with Crippen molar-refractivity contribution in [1.29, 1.82) is 0 Å². The molecule has 0 fully saturated rings. The van der Waals surface area contributed by atoms with E-state index in [0.29, 0.717) is 0 Å². The highest BCUT2D eigenvalue weighted by Gasteiger charge is 2.17. The highest BCUT2D eigenvalue weighted by atomic mass is 35.5. The maximum absolute atomic E-state index is 4.85. The highest BCUT2D eigenvalue weighted by molar-refractivity contribution is 7.09. The van der Waals surface area contributed by atoms with Crippen LogP contribution in [0.5, 0.6) is 0 Å². The number of hydrogen-bond donors (Lipinski definition) is 2. The lowest BCUT2D eigenvalue weighted by Crippen LogP contribution is -2.16. The Morgan fingerprint density at radius 1 is 1.08 bits per heavy atom. The van der Waals surface area contributed by atoms with Crippen molar-refractivity contribution in [2.24, 2.45) is 0 Å². The average Bonchev–Trinajstić information content (AvgIpc) is 3.05. The highest BCUT2D eigenvalue weighted by Crippen LogP contribution is 2.24. The first kappa shape index (κ1) is 18.8. The van der Waals surface area contributed by atoms with Crippen molar-refractivity contribution in [3.8, 4) is 11.4 Å². The van der Waals surface area contributed by atoms with Crippen LogP contribution in [0.25, 0.3) is 11.4 Å². The Bertz CT molecular complexity index is 823. The Balaban J connectivity index is 0.00000196. The van der Waals surface area contributed by atoms with Gasteiger partial charge in [-0.05, 0) is 43.0 Å². The Morgan fingerprint density at radius 2 is 1.92 bits per heavy atom. The van der Waals surface area contributed by atoms with Crippen LogP contribution in [-0.4, -0.2) is 34.6 Å². The summed E-state index contributed by atoms with van der Waals surface area (Å²) in [6, 6.07) is 8.21. The van der Waals surface area contributed by atoms with E-state index in [1.165, 1.54) is 10.4 Å². The number of fused-ring (bicyclic) bond motifs is 1. The van der Waals surface area contributed by atoms with Crippen LogP contribution in [-0.2, 0) is 19.3 Å². The lowest BCUT2D eigenvalue weighted by Gasteiger charge is -2.14. The first-order chi connectivity index (χ1) is 12.4. The molecule has 2 N–H and O–H groups in total. The van der Waals surface area contributed by atoms with Crippen molar-refractivity contribution in [2.45, 2.75) is 19.3 Å². The molecule has 3 aromatic rings. The van der Waals surface area contributed by atoms with E-state index in [-0.39, 0.29) is 12.4 Å². The van der Waals surface area contributed by atoms with E-state index in [9.17, 15) is 0 Å². The van der Waals surface area contributed by atoms with Gasteiger partial charge in [0.2, 0.25) is 0 Å². The molecule has 0 unspecified atom stereocenters. The number of nitrogens with zero attached hydrogens (tertiary/aromatic N) is 3. The SMILES string of the molecule is Cl.c1csc(CCNc2nc(-c3ccncc3)nc3c2CCNCC3)c1. The topological polar surface area (TPSA) is 62.7 Å². The molecule has 0 saturated heterocycles. The molecule has 1 aliphatic heterocycles. The normalized spacial score (nSPS) is 13.4. The molecule has 4 rings (SSSR count). The first-order valence-corrected chi connectivity index (χ1v) is 9.55. The molecule has 4 heterocycles. The Kier molecular flexibility index (Phi) is 6.55. The van der Waals surface area contributed by atoms with E-state index in [1.807, 2.05) is 12.1 Å². The number of anilines is 1. The molecule has 0 radical (unpaired) electrons. The smallest absolute Gasteiger partial charge is 0.161 e. The summed E-state index contributed by atoms with van der Waals surface area (Å²) in [6.07, 6.45) is 6.49. The standard InChI is InChI=1S/C19H21N5S.ClH/c1-2-15(25-13-1)5-12-22-19-16-6-10-21-11-7-17(16)23-18(24-19)14-3-8-20-9-4-14;/h1-4,8-9,13,21H,5-7,10-12H2,(H,22,23,24);1H. The molecule has 0 amide bonds. The fourth-order valence-corrected chi connectivity index (χ4v) is 3.79. The zero-order valence-corrected chi connectivity index (χ0v) is 16.1. The van der Waals surface area contributed by atoms with Crippen LogP contribution < -0.4 is 10.6 Å². The second-order valence-corrected chi connectivity index (χ2v) is 7.10. The van der Waals surface area contributed by atoms with Gasteiger partial charge in [0.1, 0.15) is 5.82 Å². The lowest BCUT2D eigenvalue weighted by molar-refractivity contribution is 0.708. The van der Waals surface area contributed by atoms with Gasteiger partial charge in [-0.3, -0.25) is 4.98 Å². The molecule has 1 aliphatic rings. The maximum Gasteiger partial charge on any atom is 0.161 e. The minimum absolute atomic E-state index is 0. The summed E-state index contributed by atoms with van der Waals surface area (Å²) in [4.78, 5) is 15.2. The number of aromatic nitrogens is 3. The van der Waals surface area contributed by atoms with Crippen molar-refractivity contribution in [1.82, 2.24) is 20.3 Å². The van der Waals surface area contributed by atoms with E-state index in [0.717, 1.165) is 61.8 Å². The fourth-order valence-electron chi connectivity index (χ4n) is 3.08. The first-order valence-electron chi connectivity index (χ1n) is 8.67. The zero-order valence-electron chi connectivity index (χ0n) is 14.4. The van der Waals surface area contributed by atoms with Gasteiger partial charge in [-0.2, -0.15) is 0 Å². The molecule has 136 valence electrons. The molecule has 0 atom stereocenters. The van der Waals surface area contributed by atoms with Crippen molar-refractivity contribution >= 4 is 29.6 Å². The summed E-state index contributed by atoms with van der Waals surface area (Å²) in [7, 11) is 0. The molecule has 5 nitrogen and oxygen atoms in total. The van der Waals surface area contributed by atoms with Crippen LogP contribution in [0.4, 0.5) is 5.82 Å². The van der Waals surface area contributed by atoms with E-state index >= 15 is 0 Å². The Labute approximate surface area is 163 Å². The predicted molar refractivity (Wildman–Crippen MR) is 109 cm³/mol. The lowest BCUT2D eigenvalue weighted by atomic mass is 10.1. The van der Waals surface area contributed by atoms with Gasteiger partial charge in [0.25, 0.3) is 0 Å². The van der Waals surface area contributed by atoms with Gasteiger partial charge in [-0.15, -0.1) is 23.7 Å². The van der Waals surface area contributed by atoms with Gasteiger partial charge in [0.15, 0.2) is 5.82 Å². The molecule has 26 heavy (non-hydrogen) atoms. The summed E-state index contributed by atoms with van der Waals surface area (Å²) >= 11 is 1.80. The number of hydrogen-bond acceptors (Lipinski definition) is 6. The van der Waals surface area contributed by atoms with E-state index < -0.39 is 0 Å². The van der Waals surface area contributed by atoms with Crippen LogP contribution >= 0.6 is 23.7 Å². The third kappa shape index (κ3) is 4.38. The molecule has 0 aromatic carbocycles. The minimum atomic E-state index is 0. The average molecular weight is 388 g/mol. The number of nitrogens with one attached hydrogen (secondary N) is 2. The van der Waals surface area contributed by atoms with Crippen LogP contribution in [0.3, 0.4) is 0 Å². The zero-order chi connectivity index (χ0) is 16.9. The quantitative estimate of drug-likeness (QED) is 0.702. The minimum Gasteiger partial charge on any atom is -0.369 e. The summed E-state index contributed by atoms with van der Waals surface area (Å²) < 4.78 is 0. The maximum atomic E-state index is 4.85. The van der Waals surface area contributed by atoms with Gasteiger partial charge >= 0.3 is 0 Å². The van der Waals surface area contributed by atoms with E-state index in [4.69, 9.17) is 9.97 Å². The fraction of sp³-hybridized carbons (Fsp3) is 0.316. The molecule has 0 saturated carbocycles. The van der Waals surface area contributed by atoms with Gasteiger partial charge in [-0.25, -0.2) is 9.97 Å². The summed E-state index contributed by atoms with van der Waals surface area (Å²) in [5.74, 6) is 1.76. The second kappa shape index (κ2) is 9.07. The molecule has 0 aliphatic carbocycles. The molecular weight excluding hydrogens is 366 g/mol. The Hall–Kier alpha value is -2.02. The number of pyridine rings is 1. The van der Waals surface area contributed by atoms with E-state index in [1.54, 1.807) is 23.7 Å². The van der Waals surface area contributed by atoms with Crippen LogP contribution in [0, 0.1) is 0 Å². The molecular formula is C19H22ClN5S. The monoisotopic (exact) mass is 387 g/mol. The van der Waals surface area contributed by atoms with Gasteiger partial charge in [0.05, 0.1) is 5.69 Å². The third-order valence-electron chi connectivity index (χ3n) is 4.37. The van der Waals surface area contributed by atoms with Crippen LogP contribution in [0.15, 0.2) is 42.0 Å². The van der Waals surface area contributed by atoms with Crippen molar-refractivity contribution in [2.75, 3.05) is 25.0 Å². The van der Waals surface area contributed by atoms with Crippen molar-refractivity contribution < 1.29 is 0 Å². The molecule has 0 bridgehead atoms. The van der Waals surface area contributed by atoms with Crippen molar-refractivity contribution in [3.05, 3.63) is 58.2 Å². The van der Waals surface area contributed by atoms with Crippen molar-refractivity contribution in [3.63, 3.8) is 0 Å². The second-order valence-electron chi connectivity index (χ2n) is 6.06. The summed E-state index contributed by atoms with van der Waals surface area (Å²) in [6.45, 7) is 2.83. The van der Waals surface area contributed by atoms with E-state index in [2.05, 4.69) is 33.1 Å². The molecule has 0 spiro atoms. The number of thiophene rings is 1. The summed E-state index contributed by atoms with van der Waals surface area (Å²) in [5, 5.41) is 9.14. The largest absolute Gasteiger partial charge is 0.369 e. The predicted octanol–water partition coefficient (Wildman–Crippen LogP) is 3.36. The van der Waals surface area contributed by atoms with Gasteiger partial charge in [-0.1, -0.05) is 6.07 Å². The molecule has 3 aromatic heterocycles. The molecule has 7 heteroatoms. The third-order valence-corrected chi connectivity index (χ3v) is 5.30. The summed E-state index contributed by atoms with van der Waals surface area (Å²) in [5.41, 5.74) is 3.43. The number of halogens is 1.